The molecule has 5 heteroatoms. The van der Waals surface area contributed by atoms with Crippen molar-refractivity contribution in [3.8, 4) is 11.5 Å². The summed E-state index contributed by atoms with van der Waals surface area (Å²) < 4.78 is 11.4. The second-order valence-corrected chi connectivity index (χ2v) is 5.99. The van der Waals surface area contributed by atoms with E-state index < -0.39 is 0 Å². The molecule has 1 unspecified atom stereocenters. The van der Waals surface area contributed by atoms with Crippen molar-refractivity contribution in [1.82, 2.24) is 4.90 Å². The summed E-state index contributed by atoms with van der Waals surface area (Å²) in [5, 5.41) is 0.647. The van der Waals surface area contributed by atoms with Crippen LogP contribution in [-0.2, 0) is 6.54 Å². The largest absolute Gasteiger partial charge is 0.489 e. The standard InChI is InChI=1S/C15H21ClN2O2/c16-13-6-12(10-18-3-2-11(8-17)9-18)7-14-15(13)20-5-1-4-19-14/h6-7,11H,1-5,8-10,17H2. The molecule has 1 saturated heterocycles. The molecule has 0 aliphatic carbocycles. The summed E-state index contributed by atoms with van der Waals surface area (Å²) in [5.74, 6) is 2.10. The number of nitrogens with two attached hydrogens (primary N) is 1. The molecule has 0 saturated carbocycles. The van der Waals surface area contributed by atoms with E-state index in [0.29, 0.717) is 29.9 Å². The summed E-state index contributed by atoms with van der Waals surface area (Å²) in [6.45, 7) is 5.20. The fourth-order valence-electron chi connectivity index (χ4n) is 2.88. The molecule has 2 N–H and O–H groups in total. The number of ether oxygens (including phenoxy) is 2. The Morgan fingerprint density at radius 3 is 2.95 bits per heavy atom. The Morgan fingerprint density at radius 2 is 2.15 bits per heavy atom. The van der Waals surface area contributed by atoms with Crippen LogP contribution in [-0.4, -0.2) is 37.7 Å². The van der Waals surface area contributed by atoms with E-state index in [-0.39, 0.29) is 0 Å². The number of rotatable bonds is 3. The van der Waals surface area contributed by atoms with Crippen LogP contribution in [0.1, 0.15) is 18.4 Å². The first kappa shape index (κ1) is 14.0. The van der Waals surface area contributed by atoms with Crippen LogP contribution in [0.5, 0.6) is 11.5 Å². The van der Waals surface area contributed by atoms with Crippen LogP contribution in [0.15, 0.2) is 12.1 Å². The van der Waals surface area contributed by atoms with E-state index in [1.165, 1.54) is 12.0 Å². The first-order chi connectivity index (χ1) is 9.76. The Hall–Kier alpha value is -0.970. The van der Waals surface area contributed by atoms with Gasteiger partial charge in [-0.25, -0.2) is 0 Å². The quantitative estimate of drug-likeness (QED) is 0.930. The molecule has 20 heavy (non-hydrogen) atoms. The minimum Gasteiger partial charge on any atom is -0.489 e. The van der Waals surface area contributed by atoms with Gasteiger partial charge in [0.05, 0.1) is 18.2 Å². The maximum Gasteiger partial charge on any atom is 0.179 e. The van der Waals surface area contributed by atoms with Gasteiger partial charge in [-0.2, -0.15) is 0 Å². The van der Waals surface area contributed by atoms with E-state index in [1.54, 1.807) is 0 Å². The monoisotopic (exact) mass is 296 g/mol. The van der Waals surface area contributed by atoms with Crippen molar-refractivity contribution >= 4 is 11.6 Å². The normalized spacial score (nSPS) is 22.8. The molecule has 3 rings (SSSR count). The molecule has 1 fully saturated rings. The molecule has 4 nitrogen and oxygen atoms in total. The third kappa shape index (κ3) is 3.03. The zero-order chi connectivity index (χ0) is 13.9. The minimum absolute atomic E-state index is 0.630. The van der Waals surface area contributed by atoms with E-state index in [2.05, 4.69) is 11.0 Å². The third-order valence-electron chi connectivity index (χ3n) is 3.97. The molecule has 110 valence electrons. The van der Waals surface area contributed by atoms with Crippen LogP contribution in [0.2, 0.25) is 5.02 Å². The van der Waals surface area contributed by atoms with Crippen LogP contribution in [0, 0.1) is 5.92 Å². The first-order valence-corrected chi connectivity index (χ1v) is 7.64. The number of nitrogens with zero attached hydrogens (tertiary/aromatic N) is 1. The number of halogens is 1. The van der Waals surface area contributed by atoms with Crippen molar-refractivity contribution in [2.24, 2.45) is 11.7 Å². The van der Waals surface area contributed by atoms with Gasteiger partial charge in [-0.05, 0) is 43.1 Å². The highest BCUT2D eigenvalue weighted by molar-refractivity contribution is 6.32. The molecule has 1 aromatic rings. The number of hydrogen-bond donors (Lipinski definition) is 1. The Bertz CT molecular complexity index is 481. The van der Waals surface area contributed by atoms with E-state index in [1.807, 2.05) is 6.07 Å². The highest BCUT2D eigenvalue weighted by Gasteiger charge is 2.22. The molecule has 0 bridgehead atoms. The zero-order valence-corrected chi connectivity index (χ0v) is 12.4. The number of fused-ring (bicyclic) bond motifs is 1. The molecular formula is C15H21ClN2O2. The molecule has 0 spiro atoms. The Balaban J connectivity index is 1.74. The summed E-state index contributed by atoms with van der Waals surface area (Å²) in [7, 11) is 0. The van der Waals surface area contributed by atoms with E-state index in [4.69, 9.17) is 26.8 Å². The van der Waals surface area contributed by atoms with E-state index in [0.717, 1.165) is 38.3 Å². The second-order valence-electron chi connectivity index (χ2n) is 5.58. The maximum absolute atomic E-state index is 6.32. The predicted octanol–water partition coefficient (Wildman–Crippen LogP) is 2.28. The van der Waals surface area contributed by atoms with Gasteiger partial charge in [0.25, 0.3) is 0 Å². The smallest absolute Gasteiger partial charge is 0.179 e. The average molecular weight is 297 g/mol. The van der Waals surface area contributed by atoms with Crippen LogP contribution in [0.25, 0.3) is 0 Å². The van der Waals surface area contributed by atoms with E-state index >= 15 is 0 Å². The van der Waals surface area contributed by atoms with Crippen LogP contribution >= 0.6 is 11.6 Å². The fraction of sp³-hybridized carbons (Fsp3) is 0.600. The number of benzene rings is 1. The highest BCUT2D eigenvalue weighted by atomic mass is 35.5. The van der Waals surface area contributed by atoms with Gasteiger partial charge in [0.15, 0.2) is 11.5 Å². The molecule has 0 amide bonds. The van der Waals surface area contributed by atoms with Gasteiger partial charge in [-0.1, -0.05) is 11.6 Å². The molecule has 0 radical (unpaired) electrons. The average Bonchev–Trinajstić information content (AvgIpc) is 2.74. The van der Waals surface area contributed by atoms with Crippen molar-refractivity contribution in [3.05, 3.63) is 22.7 Å². The Labute approximate surface area is 124 Å². The lowest BCUT2D eigenvalue weighted by Gasteiger charge is -2.17. The van der Waals surface area contributed by atoms with Crippen molar-refractivity contribution in [1.29, 1.82) is 0 Å². The Kier molecular flexibility index (Phi) is 4.34. The molecular weight excluding hydrogens is 276 g/mol. The lowest BCUT2D eigenvalue weighted by Crippen LogP contribution is -2.22. The van der Waals surface area contributed by atoms with Crippen LogP contribution < -0.4 is 15.2 Å². The van der Waals surface area contributed by atoms with Crippen LogP contribution in [0.4, 0.5) is 0 Å². The summed E-state index contributed by atoms with van der Waals surface area (Å²) in [5.41, 5.74) is 6.92. The van der Waals surface area contributed by atoms with Gasteiger partial charge in [0.1, 0.15) is 0 Å². The molecule has 0 aromatic heterocycles. The lowest BCUT2D eigenvalue weighted by atomic mass is 10.1. The van der Waals surface area contributed by atoms with Gasteiger partial charge >= 0.3 is 0 Å². The minimum atomic E-state index is 0.630. The third-order valence-corrected chi connectivity index (χ3v) is 4.25. The summed E-state index contributed by atoms with van der Waals surface area (Å²) >= 11 is 6.32. The van der Waals surface area contributed by atoms with Crippen LogP contribution in [0.3, 0.4) is 0 Å². The summed E-state index contributed by atoms with van der Waals surface area (Å²) in [6.07, 6.45) is 2.08. The zero-order valence-electron chi connectivity index (χ0n) is 11.6. The molecule has 2 aliphatic rings. The van der Waals surface area contributed by atoms with Crippen molar-refractivity contribution < 1.29 is 9.47 Å². The van der Waals surface area contributed by atoms with Gasteiger partial charge in [-0.3, -0.25) is 4.90 Å². The number of likely N-dealkylation sites (tertiary alicyclic amines) is 1. The van der Waals surface area contributed by atoms with Crippen molar-refractivity contribution in [2.75, 3.05) is 32.8 Å². The molecule has 2 aliphatic heterocycles. The van der Waals surface area contributed by atoms with Gasteiger partial charge in [-0.15, -0.1) is 0 Å². The van der Waals surface area contributed by atoms with E-state index in [9.17, 15) is 0 Å². The van der Waals surface area contributed by atoms with Gasteiger partial charge < -0.3 is 15.2 Å². The highest BCUT2D eigenvalue weighted by Crippen LogP contribution is 2.38. The second kappa shape index (κ2) is 6.20. The first-order valence-electron chi connectivity index (χ1n) is 7.26. The van der Waals surface area contributed by atoms with Gasteiger partial charge in [0, 0.05) is 19.5 Å². The SMILES string of the molecule is NCC1CCN(Cc2cc(Cl)c3c(c2)OCCCO3)C1. The molecule has 1 aromatic carbocycles. The summed E-state index contributed by atoms with van der Waals surface area (Å²) in [4.78, 5) is 2.42. The van der Waals surface area contributed by atoms with Gasteiger partial charge in [0.2, 0.25) is 0 Å². The molecule has 1 atom stereocenters. The Morgan fingerprint density at radius 1 is 1.30 bits per heavy atom. The number of hydrogen-bond acceptors (Lipinski definition) is 4. The van der Waals surface area contributed by atoms with Crippen molar-refractivity contribution in [2.45, 2.75) is 19.4 Å². The lowest BCUT2D eigenvalue weighted by molar-refractivity contribution is 0.296. The van der Waals surface area contributed by atoms with Crippen molar-refractivity contribution in [3.63, 3.8) is 0 Å². The fourth-order valence-corrected chi connectivity index (χ4v) is 3.17. The topological polar surface area (TPSA) is 47.7 Å². The summed E-state index contributed by atoms with van der Waals surface area (Å²) in [6, 6.07) is 4.05. The maximum atomic E-state index is 6.32. The predicted molar refractivity (Wildman–Crippen MR) is 79.5 cm³/mol. The molecule has 2 heterocycles.